The van der Waals surface area contributed by atoms with Crippen molar-refractivity contribution in [1.29, 1.82) is 0 Å². The van der Waals surface area contributed by atoms with E-state index in [1.54, 1.807) is 39.0 Å². The lowest BCUT2D eigenvalue weighted by molar-refractivity contribution is -0.159. The number of amides is 2. The number of likely N-dealkylation sites (N-methyl/N-ethyl adjacent to an activating group) is 1. The van der Waals surface area contributed by atoms with E-state index in [0.29, 0.717) is 6.42 Å². The summed E-state index contributed by atoms with van der Waals surface area (Å²) in [5.74, 6) is 0.0628. The smallest absolute Gasteiger partial charge is 0.265 e. The SMILES string of the molecule is CC1=C(c2cccs2)N2C(=O)C3(C)SS[C@@]2(C1)C(=O)N3C. The zero-order chi connectivity index (χ0) is 15.0. The van der Waals surface area contributed by atoms with Crippen molar-refractivity contribution in [1.82, 2.24) is 9.80 Å². The minimum absolute atomic E-state index is 0.0219. The van der Waals surface area contributed by atoms with E-state index in [4.69, 9.17) is 0 Å². The normalized spacial score (nSPS) is 35.0. The van der Waals surface area contributed by atoms with Crippen LogP contribution in [0.3, 0.4) is 0 Å². The Balaban J connectivity index is 1.92. The van der Waals surface area contributed by atoms with Crippen LogP contribution in [0.15, 0.2) is 23.1 Å². The van der Waals surface area contributed by atoms with Crippen LogP contribution in [0, 0.1) is 0 Å². The van der Waals surface area contributed by atoms with Gasteiger partial charge in [0, 0.05) is 13.5 Å². The predicted molar refractivity (Wildman–Crippen MR) is 87.5 cm³/mol. The van der Waals surface area contributed by atoms with Crippen LogP contribution in [-0.4, -0.2) is 38.4 Å². The Morgan fingerprint density at radius 1 is 1.24 bits per heavy atom. The average molecular weight is 338 g/mol. The van der Waals surface area contributed by atoms with Gasteiger partial charge in [-0.05, 0) is 30.9 Å². The molecular formula is C14H14N2O2S3. The van der Waals surface area contributed by atoms with Crippen LogP contribution in [0.4, 0.5) is 0 Å². The van der Waals surface area contributed by atoms with Crippen molar-refractivity contribution in [2.24, 2.45) is 0 Å². The van der Waals surface area contributed by atoms with Crippen LogP contribution < -0.4 is 0 Å². The molecule has 0 aliphatic carbocycles. The van der Waals surface area contributed by atoms with Gasteiger partial charge < -0.3 is 4.90 Å². The van der Waals surface area contributed by atoms with Gasteiger partial charge in [-0.2, -0.15) is 0 Å². The van der Waals surface area contributed by atoms with Gasteiger partial charge in [0.25, 0.3) is 11.8 Å². The second-order valence-electron chi connectivity index (χ2n) is 5.72. The number of carbonyl (C=O) groups excluding carboxylic acids is 2. The Kier molecular flexibility index (Phi) is 2.67. The number of piperazine rings is 1. The molecule has 2 atom stereocenters. The molecule has 3 fully saturated rings. The first kappa shape index (κ1) is 13.7. The van der Waals surface area contributed by atoms with Crippen molar-refractivity contribution in [2.75, 3.05) is 7.05 Å². The van der Waals surface area contributed by atoms with Gasteiger partial charge in [0.1, 0.15) is 0 Å². The van der Waals surface area contributed by atoms with E-state index < -0.39 is 9.74 Å². The Morgan fingerprint density at radius 2 is 2.00 bits per heavy atom. The molecule has 0 saturated carbocycles. The minimum Gasteiger partial charge on any atom is -0.319 e. The molecule has 5 rings (SSSR count). The Labute approximate surface area is 135 Å². The molecule has 2 amide bonds. The molecule has 4 nitrogen and oxygen atoms in total. The van der Waals surface area contributed by atoms with Crippen LogP contribution in [-0.2, 0) is 9.59 Å². The Bertz CT molecular complexity index is 699. The number of fused-ring (bicyclic) bond motifs is 2. The molecule has 21 heavy (non-hydrogen) atoms. The largest absolute Gasteiger partial charge is 0.319 e. The van der Waals surface area contributed by atoms with Crippen molar-refractivity contribution < 1.29 is 9.59 Å². The van der Waals surface area contributed by atoms with E-state index >= 15 is 0 Å². The van der Waals surface area contributed by atoms with Gasteiger partial charge in [0.05, 0.1) is 10.6 Å². The molecule has 0 N–H and O–H groups in total. The maximum atomic E-state index is 13.1. The fourth-order valence-electron chi connectivity index (χ4n) is 3.22. The highest BCUT2D eigenvalue weighted by Gasteiger charge is 2.69. The summed E-state index contributed by atoms with van der Waals surface area (Å²) >= 11 is 1.61. The molecule has 1 aromatic heterocycles. The summed E-state index contributed by atoms with van der Waals surface area (Å²) in [4.78, 5) is 28.8. The van der Waals surface area contributed by atoms with Crippen LogP contribution >= 0.6 is 32.9 Å². The molecule has 0 radical (unpaired) electrons. The van der Waals surface area contributed by atoms with E-state index in [2.05, 4.69) is 0 Å². The summed E-state index contributed by atoms with van der Waals surface area (Å²) in [6.45, 7) is 3.87. The molecule has 0 aromatic carbocycles. The highest BCUT2D eigenvalue weighted by atomic mass is 33.1. The Morgan fingerprint density at radius 3 is 2.67 bits per heavy atom. The fraction of sp³-hybridized carbons (Fsp3) is 0.429. The topological polar surface area (TPSA) is 40.6 Å². The molecule has 7 heteroatoms. The standard InChI is InChI=1S/C14H14N2O2S3/c1-8-7-14-12(18)15(3)13(2,20-21-14)11(17)16(14)10(8)9-5-4-6-19-9/h4-6H,7H2,1-3H3/t13?,14-/m0/s1. The predicted octanol–water partition coefficient (Wildman–Crippen LogP) is 2.99. The third kappa shape index (κ3) is 1.44. The lowest BCUT2D eigenvalue weighted by Gasteiger charge is -2.57. The second-order valence-corrected chi connectivity index (χ2v) is 9.47. The molecule has 4 aliphatic rings. The van der Waals surface area contributed by atoms with Gasteiger partial charge in [-0.25, -0.2) is 0 Å². The Hall–Kier alpha value is -0.920. The van der Waals surface area contributed by atoms with Gasteiger partial charge >= 0.3 is 0 Å². The quantitative estimate of drug-likeness (QED) is 0.738. The van der Waals surface area contributed by atoms with Gasteiger partial charge in [0.15, 0.2) is 9.74 Å². The number of carbonyl (C=O) groups is 2. The number of thiophene rings is 1. The monoisotopic (exact) mass is 338 g/mol. The molecular weight excluding hydrogens is 324 g/mol. The zero-order valence-corrected chi connectivity index (χ0v) is 14.3. The molecule has 1 spiro atoms. The first-order chi connectivity index (χ1) is 9.92. The van der Waals surface area contributed by atoms with E-state index in [1.165, 1.54) is 10.8 Å². The molecule has 1 unspecified atom stereocenters. The third-order valence-electron chi connectivity index (χ3n) is 4.47. The second kappa shape index (κ2) is 4.08. The maximum absolute atomic E-state index is 13.1. The molecule has 3 saturated heterocycles. The summed E-state index contributed by atoms with van der Waals surface area (Å²) in [5.41, 5.74) is 2.06. The highest BCUT2D eigenvalue weighted by Crippen LogP contribution is 2.65. The van der Waals surface area contributed by atoms with Crippen LogP contribution in [0.5, 0.6) is 0 Å². The maximum Gasteiger partial charge on any atom is 0.265 e. The number of nitrogens with zero attached hydrogens (tertiary/aromatic N) is 2. The van der Waals surface area contributed by atoms with Crippen molar-refractivity contribution in [3.8, 4) is 0 Å². The molecule has 2 bridgehead atoms. The van der Waals surface area contributed by atoms with Crippen molar-refractivity contribution >= 4 is 50.4 Å². The van der Waals surface area contributed by atoms with Gasteiger partial charge in [-0.3, -0.25) is 14.5 Å². The van der Waals surface area contributed by atoms with E-state index in [0.717, 1.165) is 16.1 Å². The van der Waals surface area contributed by atoms with Crippen molar-refractivity contribution in [3.05, 3.63) is 28.0 Å². The highest BCUT2D eigenvalue weighted by molar-refractivity contribution is 8.78. The lowest BCUT2D eigenvalue weighted by atomic mass is 10.0. The number of hydrogen-bond donors (Lipinski definition) is 0. The summed E-state index contributed by atoms with van der Waals surface area (Å²) in [5, 5.41) is 2.00. The summed E-state index contributed by atoms with van der Waals surface area (Å²) in [6.07, 6.45) is 0.614. The van der Waals surface area contributed by atoms with Gasteiger partial charge in [-0.1, -0.05) is 27.7 Å². The van der Waals surface area contributed by atoms with E-state index in [1.807, 2.05) is 31.4 Å². The van der Waals surface area contributed by atoms with Gasteiger partial charge in [-0.15, -0.1) is 11.3 Å². The van der Waals surface area contributed by atoms with Crippen molar-refractivity contribution in [2.45, 2.75) is 30.0 Å². The van der Waals surface area contributed by atoms with E-state index in [-0.39, 0.29) is 11.8 Å². The van der Waals surface area contributed by atoms with Crippen LogP contribution in [0.25, 0.3) is 5.70 Å². The fourth-order valence-corrected chi connectivity index (χ4v) is 7.51. The average Bonchev–Trinajstić information content (AvgIpc) is 3.06. The third-order valence-corrected chi connectivity index (χ3v) is 9.03. The summed E-state index contributed by atoms with van der Waals surface area (Å²) in [7, 11) is 4.80. The zero-order valence-electron chi connectivity index (χ0n) is 11.9. The first-order valence-electron chi connectivity index (χ1n) is 6.65. The molecule has 1 aromatic rings. The summed E-state index contributed by atoms with van der Waals surface area (Å²) in [6, 6.07) is 4.00. The molecule has 4 aliphatic heterocycles. The van der Waals surface area contributed by atoms with Crippen molar-refractivity contribution in [3.63, 3.8) is 0 Å². The summed E-state index contributed by atoms with van der Waals surface area (Å²) < 4.78 is 0. The van der Waals surface area contributed by atoms with Gasteiger partial charge in [0.2, 0.25) is 0 Å². The van der Waals surface area contributed by atoms with Crippen LogP contribution in [0.2, 0.25) is 0 Å². The molecule has 5 heterocycles. The first-order valence-corrected chi connectivity index (χ1v) is 9.68. The minimum atomic E-state index is -0.809. The van der Waals surface area contributed by atoms with E-state index in [9.17, 15) is 9.59 Å². The molecule has 110 valence electrons. The van der Waals surface area contributed by atoms with Crippen LogP contribution in [0.1, 0.15) is 25.1 Å². The lowest BCUT2D eigenvalue weighted by Crippen LogP contribution is -2.73. The number of hydrogen-bond acceptors (Lipinski definition) is 5. The number of rotatable bonds is 1.